The smallest absolute Gasteiger partial charge is 0.257 e. The maximum atomic E-state index is 11.4. The van der Waals surface area contributed by atoms with Crippen LogP contribution < -0.4 is 15.4 Å². The number of rotatable bonds is 7. The first kappa shape index (κ1) is 15.5. The number of carbonyl (C=O) groups is 1. The van der Waals surface area contributed by atoms with Crippen LogP contribution in [0.15, 0.2) is 18.2 Å². The van der Waals surface area contributed by atoms with Crippen molar-refractivity contribution in [1.82, 2.24) is 10.6 Å². The van der Waals surface area contributed by atoms with Gasteiger partial charge in [-0.3, -0.25) is 4.79 Å². The van der Waals surface area contributed by atoms with Crippen molar-refractivity contribution in [2.75, 3.05) is 13.2 Å². The number of likely N-dealkylation sites (N-methyl/N-ethyl adjacent to an activating group) is 1. The van der Waals surface area contributed by atoms with Crippen LogP contribution in [0.4, 0.5) is 0 Å². The maximum Gasteiger partial charge on any atom is 0.257 e. The molecule has 4 heteroatoms. The Morgan fingerprint density at radius 1 is 1.37 bits per heavy atom. The molecule has 0 spiro atoms. The van der Waals surface area contributed by atoms with Gasteiger partial charge in [0.2, 0.25) is 0 Å². The molecule has 1 rings (SSSR count). The fourth-order valence-corrected chi connectivity index (χ4v) is 1.69. The van der Waals surface area contributed by atoms with Crippen LogP contribution in [0.1, 0.15) is 31.9 Å². The standard InChI is InChI=1S/C15H24N2O2/c1-5-16-15(18)10-19-14-7-6-12(4)8-13(14)9-17-11(2)3/h6-8,11,17H,5,9-10H2,1-4H3,(H,16,18). The molecule has 0 saturated carbocycles. The van der Waals surface area contributed by atoms with Gasteiger partial charge in [0, 0.05) is 24.7 Å². The third-order valence-corrected chi connectivity index (χ3v) is 2.65. The summed E-state index contributed by atoms with van der Waals surface area (Å²) < 4.78 is 5.59. The molecule has 1 aromatic carbocycles. The Bertz CT molecular complexity index is 417. The van der Waals surface area contributed by atoms with Gasteiger partial charge in [0.1, 0.15) is 5.75 Å². The van der Waals surface area contributed by atoms with E-state index in [1.54, 1.807) is 0 Å². The highest BCUT2D eigenvalue weighted by molar-refractivity contribution is 5.77. The van der Waals surface area contributed by atoms with Crippen LogP contribution in [-0.2, 0) is 11.3 Å². The zero-order chi connectivity index (χ0) is 14.3. The van der Waals surface area contributed by atoms with Crippen LogP contribution in [0, 0.1) is 6.92 Å². The van der Waals surface area contributed by atoms with Gasteiger partial charge in [0.15, 0.2) is 6.61 Å². The summed E-state index contributed by atoms with van der Waals surface area (Å²) in [7, 11) is 0. The lowest BCUT2D eigenvalue weighted by molar-refractivity contribution is -0.122. The molecule has 0 aromatic heterocycles. The Morgan fingerprint density at radius 3 is 2.74 bits per heavy atom. The van der Waals surface area contributed by atoms with E-state index in [2.05, 4.69) is 30.5 Å². The highest BCUT2D eigenvalue weighted by Crippen LogP contribution is 2.20. The number of benzene rings is 1. The van der Waals surface area contributed by atoms with E-state index in [4.69, 9.17) is 4.74 Å². The minimum absolute atomic E-state index is 0.0611. The fourth-order valence-electron chi connectivity index (χ4n) is 1.69. The highest BCUT2D eigenvalue weighted by Gasteiger charge is 2.07. The minimum atomic E-state index is -0.0918. The monoisotopic (exact) mass is 264 g/mol. The van der Waals surface area contributed by atoms with E-state index < -0.39 is 0 Å². The Kier molecular flexibility index (Phi) is 6.36. The lowest BCUT2D eigenvalue weighted by atomic mass is 10.1. The second-order valence-corrected chi connectivity index (χ2v) is 4.89. The number of amides is 1. The molecule has 4 nitrogen and oxygen atoms in total. The Hall–Kier alpha value is -1.55. The van der Waals surface area contributed by atoms with Crippen LogP contribution in [0.3, 0.4) is 0 Å². The highest BCUT2D eigenvalue weighted by atomic mass is 16.5. The summed E-state index contributed by atoms with van der Waals surface area (Å²) in [5, 5.41) is 6.08. The molecule has 1 aromatic rings. The van der Waals surface area contributed by atoms with E-state index in [-0.39, 0.29) is 12.5 Å². The molecule has 0 heterocycles. The number of ether oxygens (including phenoxy) is 1. The molecule has 0 aliphatic carbocycles. The first-order valence-corrected chi connectivity index (χ1v) is 6.75. The van der Waals surface area contributed by atoms with Crippen molar-refractivity contribution >= 4 is 5.91 Å². The summed E-state index contributed by atoms with van der Waals surface area (Å²) in [5.74, 6) is 0.677. The molecule has 0 fully saturated rings. The van der Waals surface area contributed by atoms with Gasteiger partial charge in [-0.15, -0.1) is 0 Å². The van der Waals surface area contributed by atoms with E-state index in [9.17, 15) is 4.79 Å². The van der Waals surface area contributed by atoms with Crippen molar-refractivity contribution in [3.63, 3.8) is 0 Å². The third-order valence-electron chi connectivity index (χ3n) is 2.65. The van der Waals surface area contributed by atoms with Crippen molar-refractivity contribution in [2.24, 2.45) is 0 Å². The molecular weight excluding hydrogens is 240 g/mol. The van der Waals surface area contributed by atoms with Crippen LogP contribution in [0.2, 0.25) is 0 Å². The molecule has 1 amide bonds. The van der Waals surface area contributed by atoms with E-state index in [0.717, 1.165) is 17.9 Å². The molecule has 19 heavy (non-hydrogen) atoms. The summed E-state index contributed by atoms with van der Waals surface area (Å²) in [6, 6.07) is 6.41. The molecule has 0 bridgehead atoms. The van der Waals surface area contributed by atoms with E-state index in [1.165, 1.54) is 5.56 Å². The first-order chi connectivity index (χ1) is 9.02. The Labute approximate surface area is 115 Å². The topological polar surface area (TPSA) is 50.4 Å². The maximum absolute atomic E-state index is 11.4. The van der Waals surface area contributed by atoms with E-state index >= 15 is 0 Å². The summed E-state index contributed by atoms with van der Waals surface area (Å²) in [5.41, 5.74) is 2.27. The number of hydrogen-bond acceptors (Lipinski definition) is 3. The summed E-state index contributed by atoms with van der Waals surface area (Å²) in [6.07, 6.45) is 0. The second kappa shape index (κ2) is 7.79. The predicted molar refractivity (Wildman–Crippen MR) is 77.3 cm³/mol. The molecular formula is C15H24N2O2. The molecule has 0 radical (unpaired) electrons. The Balaban J connectivity index is 2.67. The van der Waals surface area contributed by atoms with Gasteiger partial charge in [-0.2, -0.15) is 0 Å². The fraction of sp³-hybridized carbons (Fsp3) is 0.533. The number of nitrogens with one attached hydrogen (secondary N) is 2. The largest absolute Gasteiger partial charge is 0.483 e. The summed E-state index contributed by atoms with van der Waals surface area (Å²) >= 11 is 0. The predicted octanol–water partition coefficient (Wildman–Crippen LogP) is 2.01. The average Bonchev–Trinajstić information content (AvgIpc) is 2.35. The van der Waals surface area contributed by atoms with Gasteiger partial charge in [0.25, 0.3) is 5.91 Å². The lowest BCUT2D eigenvalue weighted by Crippen LogP contribution is -2.29. The van der Waals surface area contributed by atoms with E-state index in [1.807, 2.05) is 26.0 Å². The van der Waals surface area contributed by atoms with E-state index in [0.29, 0.717) is 12.6 Å². The molecule has 106 valence electrons. The normalized spacial score (nSPS) is 10.6. The quantitative estimate of drug-likeness (QED) is 0.792. The van der Waals surface area contributed by atoms with Gasteiger partial charge >= 0.3 is 0 Å². The van der Waals surface area contributed by atoms with Gasteiger partial charge in [-0.25, -0.2) is 0 Å². The van der Waals surface area contributed by atoms with Crippen molar-refractivity contribution in [3.8, 4) is 5.75 Å². The minimum Gasteiger partial charge on any atom is -0.483 e. The van der Waals surface area contributed by atoms with Crippen molar-refractivity contribution in [1.29, 1.82) is 0 Å². The van der Waals surface area contributed by atoms with Crippen LogP contribution in [0.25, 0.3) is 0 Å². The SMILES string of the molecule is CCNC(=O)COc1ccc(C)cc1CNC(C)C. The molecule has 2 N–H and O–H groups in total. The van der Waals surface area contributed by atoms with Crippen molar-refractivity contribution in [3.05, 3.63) is 29.3 Å². The van der Waals surface area contributed by atoms with Gasteiger partial charge in [0.05, 0.1) is 0 Å². The number of aryl methyl sites for hydroxylation is 1. The summed E-state index contributed by atoms with van der Waals surface area (Å²) in [6.45, 7) is 9.57. The number of hydrogen-bond donors (Lipinski definition) is 2. The third kappa shape index (κ3) is 5.75. The summed E-state index contributed by atoms with van der Waals surface area (Å²) in [4.78, 5) is 11.4. The second-order valence-electron chi connectivity index (χ2n) is 4.89. The first-order valence-electron chi connectivity index (χ1n) is 6.75. The molecule has 0 aliphatic heterocycles. The molecule has 0 aliphatic rings. The average molecular weight is 264 g/mol. The Morgan fingerprint density at radius 2 is 2.11 bits per heavy atom. The van der Waals surface area contributed by atoms with Crippen LogP contribution >= 0.6 is 0 Å². The van der Waals surface area contributed by atoms with Crippen LogP contribution in [-0.4, -0.2) is 25.1 Å². The van der Waals surface area contributed by atoms with Gasteiger partial charge in [-0.1, -0.05) is 31.5 Å². The van der Waals surface area contributed by atoms with Gasteiger partial charge in [-0.05, 0) is 19.9 Å². The van der Waals surface area contributed by atoms with Crippen LogP contribution in [0.5, 0.6) is 5.75 Å². The zero-order valence-corrected chi connectivity index (χ0v) is 12.2. The number of carbonyl (C=O) groups excluding carboxylic acids is 1. The molecule has 0 atom stereocenters. The van der Waals surface area contributed by atoms with Crippen molar-refractivity contribution in [2.45, 2.75) is 40.3 Å². The molecule has 0 unspecified atom stereocenters. The van der Waals surface area contributed by atoms with Gasteiger partial charge < -0.3 is 15.4 Å². The van der Waals surface area contributed by atoms with Crippen molar-refractivity contribution < 1.29 is 9.53 Å². The lowest BCUT2D eigenvalue weighted by Gasteiger charge is -2.14. The molecule has 0 saturated heterocycles. The zero-order valence-electron chi connectivity index (χ0n) is 12.2.